The van der Waals surface area contributed by atoms with Gasteiger partial charge in [-0.25, -0.2) is 0 Å². The Labute approximate surface area is 115 Å². The fourth-order valence-electron chi connectivity index (χ4n) is 1.22. The standard InChI is InChI=1S/C10H20N4O.2ClH/c1-13(8-10-15-9-3-11)6-7-14-5-2-4-12-14;;/h2,4-5H,3,6-11H2,1H3;2*1H. The zero-order valence-electron chi connectivity index (χ0n) is 10.1. The van der Waals surface area contributed by atoms with E-state index in [2.05, 4.69) is 17.0 Å². The average molecular weight is 285 g/mol. The molecule has 0 aromatic carbocycles. The number of ether oxygens (including phenoxy) is 1. The maximum Gasteiger partial charge on any atom is 0.0593 e. The second-order valence-electron chi connectivity index (χ2n) is 3.47. The zero-order chi connectivity index (χ0) is 10.9. The maximum absolute atomic E-state index is 5.32. The summed E-state index contributed by atoms with van der Waals surface area (Å²) < 4.78 is 7.23. The minimum atomic E-state index is 0. The lowest BCUT2D eigenvalue weighted by Gasteiger charge is -2.16. The van der Waals surface area contributed by atoms with Crippen molar-refractivity contribution >= 4 is 24.8 Å². The second kappa shape index (κ2) is 12.1. The molecule has 1 heterocycles. The van der Waals surface area contributed by atoms with Crippen LogP contribution < -0.4 is 5.73 Å². The highest BCUT2D eigenvalue weighted by Gasteiger charge is 1.98. The summed E-state index contributed by atoms with van der Waals surface area (Å²) in [7, 11) is 2.08. The van der Waals surface area contributed by atoms with Crippen molar-refractivity contribution in [2.75, 3.05) is 39.9 Å². The van der Waals surface area contributed by atoms with E-state index in [9.17, 15) is 0 Å². The lowest BCUT2D eigenvalue weighted by atomic mass is 10.5. The van der Waals surface area contributed by atoms with E-state index in [0.717, 1.165) is 26.2 Å². The molecular formula is C10H22Cl2N4O. The Kier molecular flexibility index (Phi) is 13.6. The van der Waals surface area contributed by atoms with E-state index in [1.807, 2.05) is 16.9 Å². The third-order valence-electron chi connectivity index (χ3n) is 2.15. The van der Waals surface area contributed by atoms with Crippen molar-refractivity contribution < 1.29 is 4.74 Å². The van der Waals surface area contributed by atoms with Crippen LogP contribution in [0.15, 0.2) is 18.5 Å². The molecule has 0 amide bonds. The number of nitrogens with two attached hydrogens (primary N) is 1. The SMILES string of the molecule is CN(CCOCCN)CCn1cccn1.Cl.Cl. The normalized spacial score (nSPS) is 9.82. The molecule has 0 aliphatic carbocycles. The Morgan fingerprint density at radius 3 is 2.65 bits per heavy atom. The Bertz CT molecular complexity index is 246. The average Bonchev–Trinajstić information content (AvgIpc) is 2.74. The number of likely N-dealkylation sites (N-methyl/N-ethyl adjacent to an activating group) is 1. The third kappa shape index (κ3) is 9.38. The summed E-state index contributed by atoms with van der Waals surface area (Å²) >= 11 is 0. The van der Waals surface area contributed by atoms with Gasteiger partial charge in [-0.05, 0) is 13.1 Å². The van der Waals surface area contributed by atoms with E-state index in [1.165, 1.54) is 0 Å². The van der Waals surface area contributed by atoms with E-state index >= 15 is 0 Å². The highest BCUT2D eigenvalue weighted by molar-refractivity contribution is 5.85. The fourth-order valence-corrected chi connectivity index (χ4v) is 1.22. The van der Waals surface area contributed by atoms with Crippen molar-refractivity contribution in [3.63, 3.8) is 0 Å². The quantitative estimate of drug-likeness (QED) is 0.712. The molecule has 2 N–H and O–H groups in total. The maximum atomic E-state index is 5.32. The van der Waals surface area contributed by atoms with Crippen LogP contribution in [0.25, 0.3) is 0 Å². The predicted octanol–water partition coefficient (Wildman–Crippen LogP) is 0.634. The van der Waals surface area contributed by atoms with Gasteiger partial charge in [-0.1, -0.05) is 0 Å². The van der Waals surface area contributed by atoms with Crippen LogP contribution in [0.4, 0.5) is 0 Å². The zero-order valence-corrected chi connectivity index (χ0v) is 11.8. The molecule has 1 aromatic heterocycles. The number of aromatic nitrogens is 2. The monoisotopic (exact) mass is 284 g/mol. The molecule has 0 radical (unpaired) electrons. The highest BCUT2D eigenvalue weighted by Crippen LogP contribution is 1.88. The lowest BCUT2D eigenvalue weighted by Crippen LogP contribution is -2.27. The number of rotatable bonds is 8. The van der Waals surface area contributed by atoms with Gasteiger partial charge in [-0.2, -0.15) is 5.10 Å². The summed E-state index contributed by atoms with van der Waals surface area (Å²) in [6, 6.07) is 1.93. The molecule has 0 saturated carbocycles. The summed E-state index contributed by atoms with van der Waals surface area (Å²) in [5.74, 6) is 0. The Hall–Kier alpha value is -0.330. The largest absolute Gasteiger partial charge is 0.379 e. The molecule has 1 aromatic rings. The van der Waals surface area contributed by atoms with Crippen LogP contribution >= 0.6 is 24.8 Å². The first kappa shape index (κ1) is 19.0. The number of hydrogen-bond acceptors (Lipinski definition) is 4. The van der Waals surface area contributed by atoms with Crippen LogP contribution in [0.3, 0.4) is 0 Å². The topological polar surface area (TPSA) is 56.3 Å². The summed E-state index contributed by atoms with van der Waals surface area (Å²) in [5, 5.41) is 4.14. The summed E-state index contributed by atoms with van der Waals surface area (Å²) in [6.45, 7) is 4.81. The molecule has 0 saturated heterocycles. The highest BCUT2D eigenvalue weighted by atomic mass is 35.5. The van der Waals surface area contributed by atoms with Crippen molar-refractivity contribution in [2.24, 2.45) is 5.73 Å². The van der Waals surface area contributed by atoms with Crippen LogP contribution in [0.5, 0.6) is 0 Å². The smallest absolute Gasteiger partial charge is 0.0593 e. The van der Waals surface area contributed by atoms with Gasteiger partial charge in [0.2, 0.25) is 0 Å². The molecule has 102 valence electrons. The van der Waals surface area contributed by atoms with Crippen LogP contribution in [0, 0.1) is 0 Å². The molecule has 0 spiro atoms. The second-order valence-corrected chi connectivity index (χ2v) is 3.47. The fraction of sp³-hybridized carbons (Fsp3) is 0.700. The minimum Gasteiger partial charge on any atom is -0.379 e. The van der Waals surface area contributed by atoms with Gasteiger partial charge in [-0.15, -0.1) is 24.8 Å². The summed E-state index contributed by atoms with van der Waals surface area (Å²) in [4.78, 5) is 2.22. The predicted molar refractivity (Wildman–Crippen MR) is 74.1 cm³/mol. The van der Waals surface area contributed by atoms with E-state index < -0.39 is 0 Å². The van der Waals surface area contributed by atoms with Gasteiger partial charge in [-0.3, -0.25) is 4.68 Å². The lowest BCUT2D eigenvalue weighted by molar-refractivity contribution is 0.116. The van der Waals surface area contributed by atoms with Crippen LogP contribution in [0.1, 0.15) is 0 Å². The minimum absolute atomic E-state index is 0. The molecule has 0 aliphatic rings. The first-order valence-electron chi connectivity index (χ1n) is 5.26. The van der Waals surface area contributed by atoms with Gasteiger partial charge in [0.1, 0.15) is 0 Å². The van der Waals surface area contributed by atoms with Crippen molar-refractivity contribution in [3.8, 4) is 0 Å². The molecule has 0 aliphatic heterocycles. The van der Waals surface area contributed by atoms with E-state index in [4.69, 9.17) is 10.5 Å². The first-order chi connectivity index (χ1) is 7.33. The van der Waals surface area contributed by atoms with Gasteiger partial charge in [0.15, 0.2) is 0 Å². The van der Waals surface area contributed by atoms with Crippen LogP contribution in [-0.4, -0.2) is 54.6 Å². The third-order valence-corrected chi connectivity index (χ3v) is 2.15. The Morgan fingerprint density at radius 1 is 1.29 bits per heavy atom. The molecule has 0 unspecified atom stereocenters. The van der Waals surface area contributed by atoms with Gasteiger partial charge in [0.05, 0.1) is 19.8 Å². The molecule has 0 atom stereocenters. The van der Waals surface area contributed by atoms with Crippen molar-refractivity contribution in [1.29, 1.82) is 0 Å². The van der Waals surface area contributed by atoms with Crippen molar-refractivity contribution in [1.82, 2.24) is 14.7 Å². The van der Waals surface area contributed by atoms with Crippen LogP contribution in [-0.2, 0) is 11.3 Å². The van der Waals surface area contributed by atoms with E-state index in [-0.39, 0.29) is 24.8 Å². The molecule has 0 bridgehead atoms. The van der Waals surface area contributed by atoms with E-state index in [1.54, 1.807) is 6.20 Å². The van der Waals surface area contributed by atoms with Gasteiger partial charge in [0, 0.05) is 32.0 Å². The Balaban J connectivity index is 0. The Morgan fingerprint density at radius 2 is 2.06 bits per heavy atom. The molecule has 17 heavy (non-hydrogen) atoms. The molecule has 0 fully saturated rings. The number of halogens is 2. The van der Waals surface area contributed by atoms with Gasteiger partial charge in [0.25, 0.3) is 0 Å². The number of nitrogens with zero attached hydrogens (tertiary/aromatic N) is 3. The molecule has 7 heteroatoms. The van der Waals surface area contributed by atoms with Crippen molar-refractivity contribution in [3.05, 3.63) is 18.5 Å². The molecule has 1 rings (SSSR count). The summed E-state index contributed by atoms with van der Waals surface area (Å²) in [6.07, 6.45) is 3.77. The van der Waals surface area contributed by atoms with E-state index in [0.29, 0.717) is 13.2 Å². The summed E-state index contributed by atoms with van der Waals surface area (Å²) in [5.41, 5.74) is 5.32. The van der Waals surface area contributed by atoms with Crippen molar-refractivity contribution in [2.45, 2.75) is 6.54 Å². The van der Waals surface area contributed by atoms with Gasteiger partial charge < -0.3 is 15.4 Å². The number of hydrogen-bond donors (Lipinski definition) is 1. The first-order valence-corrected chi connectivity index (χ1v) is 5.26. The molecule has 5 nitrogen and oxygen atoms in total. The van der Waals surface area contributed by atoms with Gasteiger partial charge >= 0.3 is 0 Å². The molecular weight excluding hydrogens is 263 g/mol. The van der Waals surface area contributed by atoms with Crippen LogP contribution in [0.2, 0.25) is 0 Å².